The molecule has 4 heteroatoms. The summed E-state index contributed by atoms with van der Waals surface area (Å²) in [7, 11) is 1.64. The Hall–Kier alpha value is -1.94. The second kappa shape index (κ2) is 7.90. The molecular weight excluding hydrogens is 294 g/mol. The van der Waals surface area contributed by atoms with E-state index in [1.165, 1.54) is 17.3 Å². The van der Waals surface area contributed by atoms with Crippen molar-refractivity contribution < 1.29 is 9.53 Å². The molecule has 0 aromatic heterocycles. The van der Waals surface area contributed by atoms with Crippen molar-refractivity contribution in [2.24, 2.45) is 0 Å². The van der Waals surface area contributed by atoms with Crippen LogP contribution in [0.2, 0.25) is 0 Å². The van der Waals surface area contributed by atoms with Crippen LogP contribution < -0.4 is 10.1 Å². The fourth-order valence-electron chi connectivity index (χ4n) is 2.22. The number of rotatable bonds is 6. The van der Waals surface area contributed by atoms with Crippen molar-refractivity contribution in [3.63, 3.8) is 0 Å². The lowest BCUT2D eigenvalue weighted by molar-refractivity contribution is -0.113. The number of hydrogen-bond acceptors (Lipinski definition) is 3. The lowest BCUT2D eigenvalue weighted by Gasteiger charge is -2.13. The Morgan fingerprint density at radius 3 is 2.73 bits per heavy atom. The van der Waals surface area contributed by atoms with Crippen LogP contribution in [0.15, 0.2) is 47.4 Å². The van der Waals surface area contributed by atoms with Gasteiger partial charge in [0.25, 0.3) is 0 Å². The number of hydrogen-bond donors (Lipinski definition) is 1. The summed E-state index contributed by atoms with van der Waals surface area (Å²) < 4.78 is 5.19. The van der Waals surface area contributed by atoms with Crippen LogP contribution in [0.5, 0.6) is 5.75 Å². The van der Waals surface area contributed by atoms with E-state index in [1.807, 2.05) is 43.3 Å². The number of anilines is 1. The quantitative estimate of drug-likeness (QED) is 0.808. The maximum absolute atomic E-state index is 12.2. The first-order valence-corrected chi connectivity index (χ1v) is 8.27. The summed E-state index contributed by atoms with van der Waals surface area (Å²) in [4.78, 5) is 13.2. The molecule has 0 heterocycles. The number of aryl methyl sites for hydroxylation is 2. The summed E-state index contributed by atoms with van der Waals surface area (Å²) in [6.07, 6.45) is 0.903. The van der Waals surface area contributed by atoms with Crippen molar-refractivity contribution >= 4 is 23.4 Å². The fraction of sp³-hybridized carbons (Fsp3) is 0.278. The van der Waals surface area contributed by atoms with Gasteiger partial charge < -0.3 is 10.1 Å². The van der Waals surface area contributed by atoms with Gasteiger partial charge in [0, 0.05) is 10.6 Å². The van der Waals surface area contributed by atoms with Gasteiger partial charge in [-0.3, -0.25) is 4.79 Å². The van der Waals surface area contributed by atoms with Crippen LogP contribution >= 0.6 is 11.8 Å². The average molecular weight is 315 g/mol. The standard InChI is InChI=1S/C18H21NO2S/c1-4-14-8-5-7-13(2)18(14)19-17(20)12-22-16-10-6-9-15(11-16)21-3/h5-11H,4,12H2,1-3H3,(H,19,20). The Bertz CT molecular complexity index is 655. The second-order valence-corrected chi connectivity index (χ2v) is 6.03. The molecule has 0 bridgehead atoms. The normalized spacial score (nSPS) is 10.3. The molecule has 0 radical (unpaired) electrons. The summed E-state index contributed by atoms with van der Waals surface area (Å²) in [6, 6.07) is 13.8. The molecule has 0 spiro atoms. The lowest BCUT2D eigenvalue weighted by Crippen LogP contribution is -2.16. The van der Waals surface area contributed by atoms with Crippen LogP contribution in [0.4, 0.5) is 5.69 Å². The van der Waals surface area contributed by atoms with E-state index in [4.69, 9.17) is 4.74 Å². The average Bonchev–Trinajstić information content (AvgIpc) is 2.55. The first-order valence-electron chi connectivity index (χ1n) is 7.29. The van der Waals surface area contributed by atoms with E-state index in [0.717, 1.165) is 28.3 Å². The molecule has 0 unspecified atom stereocenters. The van der Waals surface area contributed by atoms with Gasteiger partial charge in [0.2, 0.25) is 5.91 Å². The Kier molecular flexibility index (Phi) is 5.90. The molecule has 0 saturated heterocycles. The molecule has 1 amide bonds. The number of methoxy groups -OCH3 is 1. The molecule has 116 valence electrons. The van der Waals surface area contributed by atoms with E-state index in [2.05, 4.69) is 18.3 Å². The minimum Gasteiger partial charge on any atom is -0.497 e. The first-order chi connectivity index (χ1) is 10.6. The lowest BCUT2D eigenvalue weighted by atomic mass is 10.1. The fourth-order valence-corrected chi connectivity index (χ4v) is 2.96. The maximum Gasteiger partial charge on any atom is 0.234 e. The Balaban J connectivity index is 1.99. The van der Waals surface area contributed by atoms with Gasteiger partial charge in [0.1, 0.15) is 5.75 Å². The molecule has 3 nitrogen and oxygen atoms in total. The van der Waals surface area contributed by atoms with E-state index in [0.29, 0.717) is 5.75 Å². The largest absolute Gasteiger partial charge is 0.497 e. The predicted octanol–water partition coefficient (Wildman–Crippen LogP) is 4.30. The van der Waals surface area contributed by atoms with Gasteiger partial charge in [-0.15, -0.1) is 11.8 Å². The molecule has 2 aromatic rings. The third-order valence-corrected chi connectivity index (χ3v) is 4.41. The molecule has 0 aliphatic carbocycles. The van der Waals surface area contributed by atoms with Crippen molar-refractivity contribution in [1.82, 2.24) is 0 Å². The zero-order valence-electron chi connectivity index (χ0n) is 13.2. The van der Waals surface area contributed by atoms with Crippen molar-refractivity contribution in [2.75, 3.05) is 18.2 Å². The molecule has 0 aliphatic heterocycles. The highest BCUT2D eigenvalue weighted by atomic mass is 32.2. The Morgan fingerprint density at radius 1 is 1.23 bits per heavy atom. The molecule has 0 aliphatic rings. The highest BCUT2D eigenvalue weighted by Crippen LogP contribution is 2.24. The summed E-state index contributed by atoms with van der Waals surface area (Å²) in [6.45, 7) is 4.11. The first kappa shape index (κ1) is 16.4. The van der Waals surface area contributed by atoms with Gasteiger partial charge in [-0.05, 0) is 42.7 Å². The van der Waals surface area contributed by atoms with Gasteiger partial charge in [0.05, 0.1) is 12.9 Å². The Labute approximate surface area is 136 Å². The van der Waals surface area contributed by atoms with Gasteiger partial charge in [-0.2, -0.15) is 0 Å². The minimum atomic E-state index is 0.0109. The van der Waals surface area contributed by atoms with Gasteiger partial charge in [-0.25, -0.2) is 0 Å². The Morgan fingerprint density at radius 2 is 2.00 bits per heavy atom. The van der Waals surface area contributed by atoms with E-state index in [1.54, 1.807) is 7.11 Å². The summed E-state index contributed by atoms with van der Waals surface area (Å²) >= 11 is 1.50. The molecule has 22 heavy (non-hydrogen) atoms. The molecule has 0 atom stereocenters. The van der Waals surface area contributed by atoms with Crippen LogP contribution in [0.3, 0.4) is 0 Å². The monoisotopic (exact) mass is 315 g/mol. The van der Waals surface area contributed by atoms with Crippen molar-refractivity contribution in [3.05, 3.63) is 53.6 Å². The topological polar surface area (TPSA) is 38.3 Å². The number of thioether (sulfide) groups is 1. The van der Waals surface area contributed by atoms with E-state index >= 15 is 0 Å². The number of amides is 1. The van der Waals surface area contributed by atoms with Crippen molar-refractivity contribution in [2.45, 2.75) is 25.2 Å². The SMILES string of the molecule is CCc1cccc(C)c1NC(=O)CSc1cccc(OC)c1. The summed E-state index contributed by atoms with van der Waals surface area (Å²) in [5.74, 6) is 1.19. The third kappa shape index (κ3) is 4.28. The van der Waals surface area contributed by atoms with Crippen LogP contribution in [0, 0.1) is 6.92 Å². The summed E-state index contributed by atoms with van der Waals surface area (Å²) in [5.41, 5.74) is 3.21. The highest BCUT2D eigenvalue weighted by molar-refractivity contribution is 8.00. The number of para-hydroxylation sites is 1. The molecule has 2 rings (SSSR count). The molecule has 0 fully saturated rings. The van der Waals surface area contributed by atoms with Crippen LogP contribution in [0.25, 0.3) is 0 Å². The smallest absolute Gasteiger partial charge is 0.234 e. The molecule has 2 aromatic carbocycles. The minimum absolute atomic E-state index is 0.0109. The van der Waals surface area contributed by atoms with E-state index in [9.17, 15) is 4.79 Å². The number of carbonyl (C=O) groups is 1. The van der Waals surface area contributed by atoms with Crippen molar-refractivity contribution in [3.8, 4) is 5.75 Å². The van der Waals surface area contributed by atoms with Crippen LogP contribution in [-0.2, 0) is 11.2 Å². The van der Waals surface area contributed by atoms with Crippen LogP contribution in [0.1, 0.15) is 18.1 Å². The molecular formula is C18H21NO2S. The highest BCUT2D eigenvalue weighted by Gasteiger charge is 2.09. The van der Waals surface area contributed by atoms with Gasteiger partial charge in [0.15, 0.2) is 0 Å². The number of ether oxygens (including phenoxy) is 1. The van der Waals surface area contributed by atoms with Gasteiger partial charge >= 0.3 is 0 Å². The van der Waals surface area contributed by atoms with E-state index < -0.39 is 0 Å². The maximum atomic E-state index is 12.2. The van der Waals surface area contributed by atoms with Crippen molar-refractivity contribution in [1.29, 1.82) is 0 Å². The molecule has 1 N–H and O–H groups in total. The van der Waals surface area contributed by atoms with Gasteiger partial charge in [-0.1, -0.05) is 31.2 Å². The summed E-state index contributed by atoms with van der Waals surface area (Å²) in [5, 5.41) is 3.04. The number of nitrogens with one attached hydrogen (secondary N) is 1. The zero-order valence-corrected chi connectivity index (χ0v) is 14.0. The number of carbonyl (C=O) groups excluding carboxylic acids is 1. The number of benzene rings is 2. The third-order valence-electron chi connectivity index (χ3n) is 3.42. The predicted molar refractivity (Wildman–Crippen MR) is 92.9 cm³/mol. The second-order valence-electron chi connectivity index (χ2n) is 4.98. The van der Waals surface area contributed by atoms with E-state index in [-0.39, 0.29) is 5.91 Å². The molecule has 0 saturated carbocycles. The van der Waals surface area contributed by atoms with Crippen LogP contribution in [-0.4, -0.2) is 18.8 Å². The zero-order chi connectivity index (χ0) is 15.9.